The summed E-state index contributed by atoms with van der Waals surface area (Å²) in [5.41, 5.74) is 1.67. The Labute approximate surface area is 134 Å². The number of nitrogens with one attached hydrogen (secondary N) is 1. The second kappa shape index (κ2) is 8.29. The fourth-order valence-corrected chi connectivity index (χ4v) is 2.33. The quantitative estimate of drug-likeness (QED) is 0.733. The molecule has 122 valence electrons. The summed E-state index contributed by atoms with van der Waals surface area (Å²) in [5, 5.41) is 21.4. The van der Waals surface area contributed by atoms with Crippen molar-refractivity contribution in [3.63, 3.8) is 0 Å². The van der Waals surface area contributed by atoms with Crippen LogP contribution >= 0.6 is 0 Å². The Morgan fingerprint density at radius 1 is 1.13 bits per heavy atom. The molecule has 0 fully saturated rings. The van der Waals surface area contributed by atoms with Crippen LogP contribution < -0.4 is 5.32 Å². The van der Waals surface area contributed by atoms with E-state index in [0.717, 1.165) is 11.1 Å². The van der Waals surface area contributed by atoms with E-state index in [9.17, 15) is 19.4 Å². The van der Waals surface area contributed by atoms with Crippen molar-refractivity contribution in [1.29, 1.82) is 0 Å². The number of phenols is 1. The van der Waals surface area contributed by atoms with Crippen molar-refractivity contribution in [2.75, 3.05) is 6.61 Å². The molecule has 1 atom stereocenters. The first kappa shape index (κ1) is 17.0. The molecule has 4 nitrogen and oxygen atoms in total. The molecule has 0 bridgehead atoms. The van der Waals surface area contributed by atoms with E-state index >= 15 is 0 Å². The van der Waals surface area contributed by atoms with Crippen LogP contribution in [0.1, 0.15) is 17.5 Å². The highest BCUT2D eigenvalue weighted by molar-refractivity contribution is 5.76. The fourth-order valence-electron chi connectivity index (χ4n) is 2.33. The van der Waals surface area contributed by atoms with Crippen LogP contribution in [-0.2, 0) is 17.6 Å². The molecule has 2 aromatic carbocycles. The molecule has 0 saturated carbocycles. The van der Waals surface area contributed by atoms with E-state index in [1.165, 1.54) is 12.1 Å². The highest BCUT2D eigenvalue weighted by Gasteiger charge is 2.12. The third kappa shape index (κ3) is 5.71. The minimum Gasteiger partial charge on any atom is -0.508 e. The molecule has 5 heteroatoms. The SMILES string of the molecule is O=C(CCc1cccc(F)c1)N[C@H](CO)Cc1ccc(O)cc1. The minimum atomic E-state index is -0.389. The number of phenolic OH excluding ortho intramolecular Hbond substituents is 1. The van der Waals surface area contributed by atoms with Crippen molar-refractivity contribution in [3.05, 3.63) is 65.5 Å². The lowest BCUT2D eigenvalue weighted by atomic mass is 10.1. The zero-order valence-electron chi connectivity index (χ0n) is 12.7. The highest BCUT2D eigenvalue weighted by atomic mass is 19.1. The number of amides is 1. The van der Waals surface area contributed by atoms with Gasteiger partial charge in [-0.1, -0.05) is 24.3 Å². The smallest absolute Gasteiger partial charge is 0.220 e. The molecule has 0 heterocycles. The molecule has 23 heavy (non-hydrogen) atoms. The van der Waals surface area contributed by atoms with Crippen LogP contribution in [0.4, 0.5) is 4.39 Å². The number of halogens is 1. The number of benzene rings is 2. The van der Waals surface area contributed by atoms with Crippen LogP contribution in [0.25, 0.3) is 0 Å². The Morgan fingerprint density at radius 3 is 2.52 bits per heavy atom. The maximum absolute atomic E-state index is 13.1. The summed E-state index contributed by atoms with van der Waals surface area (Å²) in [4.78, 5) is 12.0. The van der Waals surface area contributed by atoms with Gasteiger partial charge in [0.25, 0.3) is 0 Å². The van der Waals surface area contributed by atoms with Gasteiger partial charge in [0.2, 0.25) is 5.91 Å². The maximum atomic E-state index is 13.1. The molecule has 0 aliphatic rings. The van der Waals surface area contributed by atoms with E-state index in [-0.39, 0.29) is 36.5 Å². The number of aliphatic hydroxyl groups excluding tert-OH is 1. The molecule has 0 aliphatic heterocycles. The summed E-state index contributed by atoms with van der Waals surface area (Å²) in [7, 11) is 0. The van der Waals surface area contributed by atoms with Crippen LogP contribution in [0.15, 0.2) is 48.5 Å². The first-order chi connectivity index (χ1) is 11.1. The summed E-state index contributed by atoms with van der Waals surface area (Å²) < 4.78 is 13.1. The van der Waals surface area contributed by atoms with Crippen molar-refractivity contribution in [2.45, 2.75) is 25.3 Å². The Hall–Kier alpha value is -2.40. The highest BCUT2D eigenvalue weighted by Crippen LogP contribution is 2.11. The van der Waals surface area contributed by atoms with Crippen LogP contribution in [0.5, 0.6) is 5.75 Å². The van der Waals surface area contributed by atoms with Gasteiger partial charge in [-0.3, -0.25) is 4.79 Å². The van der Waals surface area contributed by atoms with Gasteiger partial charge in [0.1, 0.15) is 11.6 Å². The van der Waals surface area contributed by atoms with Gasteiger partial charge in [0.05, 0.1) is 12.6 Å². The van der Waals surface area contributed by atoms with Gasteiger partial charge in [-0.25, -0.2) is 4.39 Å². The van der Waals surface area contributed by atoms with Crippen LogP contribution in [-0.4, -0.2) is 28.8 Å². The van der Waals surface area contributed by atoms with Crippen LogP contribution in [0, 0.1) is 5.82 Å². The molecule has 0 spiro atoms. The number of aliphatic hydroxyl groups is 1. The number of hydrogen-bond acceptors (Lipinski definition) is 3. The molecule has 0 unspecified atom stereocenters. The number of carbonyl (C=O) groups is 1. The van der Waals surface area contributed by atoms with E-state index in [0.29, 0.717) is 12.8 Å². The lowest BCUT2D eigenvalue weighted by Crippen LogP contribution is -2.39. The van der Waals surface area contributed by atoms with Crippen molar-refractivity contribution in [3.8, 4) is 5.75 Å². The van der Waals surface area contributed by atoms with Gasteiger partial charge in [-0.2, -0.15) is 0 Å². The molecular weight excluding hydrogens is 297 g/mol. The van der Waals surface area contributed by atoms with Crippen molar-refractivity contribution < 1.29 is 19.4 Å². The predicted molar refractivity (Wildman–Crippen MR) is 85.5 cm³/mol. The minimum absolute atomic E-state index is 0.174. The van der Waals surface area contributed by atoms with E-state index in [4.69, 9.17) is 0 Å². The Balaban J connectivity index is 1.83. The largest absolute Gasteiger partial charge is 0.508 e. The van der Waals surface area contributed by atoms with Gasteiger partial charge >= 0.3 is 0 Å². The summed E-state index contributed by atoms with van der Waals surface area (Å²) in [6.07, 6.45) is 1.15. The molecule has 0 aliphatic carbocycles. The molecule has 2 rings (SSSR count). The molecule has 0 radical (unpaired) electrons. The summed E-state index contributed by atoms with van der Waals surface area (Å²) in [6, 6.07) is 12.4. The van der Waals surface area contributed by atoms with Crippen molar-refractivity contribution in [1.82, 2.24) is 5.32 Å². The van der Waals surface area contributed by atoms with Gasteiger partial charge in [-0.05, 0) is 48.2 Å². The van der Waals surface area contributed by atoms with Crippen LogP contribution in [0.3, 0.4) is 0 Å². The maximum Gasteiger partial charge on any atom is 0.220 e. The second-order valence-corrected chi connectivity index (χ2v) is 5.45. The second-order valence-electron chi connectivity index (χ2n) is 5.45. The summed E-state index contributed by atoms with van der Waals surface area (Å²) in [6.45, 7) is -0.174. The Morgan fingerprint density at radius 2 is 1.87 bits per heavy atom. The standard InChI is InChI=1S/C18H20FNO3/c19-15-3-1-2-13(10-15)6-9-18(23)20-16(12-21)11-14-4-7-17(22)8-5-14/h1-5,7-8,10,16,21-22H,6,9,11-12H2,(H,20,23)/t16-/m0/s1. The van der Waals surface area contributed by atoms with E-state index in [1.54, 1.807) is 36.4 Å². The van der Waals surface area contributed by atoms with Gasteiger partial charge < -0.3 is 15.5 Å². The Bertz CT molecular complexity index is 643. The number of carbonyl (C=O) groups excluding carboxylic acids is 1. The fraction of sp³-hybridized carbons (Fsp3) is 0.278. The first-order valence-corrected chi connectivity index (χ1v) is 7.49. The van der Waals surface area contributed by atoms with Crippen molar-refractivity contribution >= 4 is 5.91 Å². The zero-order valence-corrected chi connectivity index (χ0v) is 12.7. The number of aromatic hydroxyl groups is 1. The molecule has 2 aromatic rings. The van der Waals surface area contributed by atoms with Gasteiger partial charge in [0.15, 0.2) is 0 Å². The summed E-state index contributed by atoms with van der Waals surface area (Å²) >= 11 is 0. The first-order valence-electron chi connectivity index (χ1n) is 7.49. The average molecular weight is 317 g/mol. The topological polar surface area (TPSA) is 69.6 Å². The lowest BCUT2D eigenvalue weighted by molar-refractivity contribution is -0.122. The van der Waals surface area contributed by atoms with Gasteiger partial charge in [-0.15, -0.1) is 0 Å². The molecule has 3 N–H and O–H groups in total. The molecular formula is C18H20FNO3. The third-order valence-electron chi connectivity index (χ3n) is 3.53. The van der Waals surface area contributed by atoms with Gasteiger partial charge in [0, 0.05) is 6.42 Å². The number of hydrogen-bond donors (Lipinski definition) is 3. The van der Waals surface area contributed by atoms with Crippen molar-refractivity contribution in [2.24, 2.45) is 0 Å². The summed E-state index contributed by atoms with van der Waals surface area (Å²) in [5.74, 6) is -0.330. The lowest BCUT2D eigenvalue weighted by Gasteiger charge is -2.16. The Kier molecular flexibility index (Phi) is 6.11. The molecule has 0 saturated heterocycles. The molecule has 0 aromatic heterocycles. The predicted octanol–water partition coefficient (Wildman–Crippen LogP) is 2.18. The normalized spacial score (nSPS) is 11.9. The van der Waals surface area contributed by atoms with E-state index in [1.807, 2.05) is 0 Å². The van der Waals surface area contributed by atoms with Crippen LogP contribution in [0.2, 0.25) is 0 Å². The zero-order chi connectivity index (χ0) is 16.7. The number of rotatable bonds is 7. The number of aryl methyl sites for hydroxylation is 1. The third-order valence-corrected chi connectivity index (χ3v) is 3.53. The molecule has 1 amide bonds. The van der Waals surface area contributed by atoms with E-state index < -0.39 is 0 Å². The monoisotopic (exact) mass is 317 g/mol. The van der Waals surface area contributed by atoms with E-state index in [2.05, 4.69) is 5.32 Å². The average Bonchev–Trinajstić information content (AvgIpc) is 2.54.